The number of hydrogen-bond acceptors (Lipinski definition) is 1. The lowest BCUT2D eigenvalue weighted by Crippen LogP contribution is -1.94. The second-order valence-electron chi connectivity index (χ2n) is 12.1. The van der Waals surface area contributed by atoms with Gasteiger partial charge < -0.3 is 4.42 Å². The molecule has 0 N–H and O–H groups in total. The zero-order valence-corrected chi connectivity index (χ0v) is 26.0. The van der Waals surface area contributed by atoms with Crippen molar-refractivity contribution in [3.8, 4) is 44.5 Å². The first-order valence-electron chi connectivity index (χ1n) is 21.0. The summed E-state index contributed by atoms with van der Waals surface area (Å²) in [5.41, 5.74) is 5.17. The van der Waals surface area contributed by atoms with Gasteiger partial charge in [0.2, 0.25) is 0 Å². The van der Waals surface area contributed by atoms with Gasteiger partial charge in [0.05, 0.1) is 13.7 Å². The van der Waals surface area contributed by atoms with E-state index in [1.807, 2.05) is 72.8 Å². The van der Waals surface area contributed by atoms with Crippen LogP contribution in [0.15, 0.2) is 186 Å². The highest BCUT2D eigenvalue weighted by molar-refractivity contribution is 6.26. The summed E-state index contributed by atoms with van der Waals surface area (Å²) >= 11 is 0. The molecule has 0 radical (unpaired) electrons. The average Bonchev–Trinajstić information content (AvgIpc) is 3.62. The fourth-order valence-electron chi connectivity index (χ4n) is 7.33. The Morgan fingerprint density at radius 1 is 0.367 bits per heavy atom. The van der Waals surface area contributed by atoms with Crippen LogP contribution in [0.1, 0.15) is 13.7 Å². The van der Waals surface area contributed by atoms with Crippen LogP contribution >= 0.6 is 0 Å². The molecule has 0 aliphatic carbocycles. The fourth-order valence-corrected chi connectivity index (χ4v) is 7.33. The summed E-state index contributed by atoms with van der Waals surface area (Å²) in [6.45, 7) is 0. The lowest BCUT2D eigenvalue weighted by atomic mass is 9.82. The van der Waals surface area contributed by atoms with Crippen LogP contribution in [0.4, 0.5) is 0 Å². The van der Waals surface area contributed by atoms with Crippen LogP contribution < -0.4 is 0 Å². The van der Waals surface area contributed by atoms with Crippen molar-refractivity contribution in [2.75, 3.05) is 0 Å². The summed E-state index contributed by atoms with van der Waals surface area (Å²) in [6.07, 6.45) is 0. The fraction of sp³-hybridized carbons (Fsp3) is 0. The van der Waals surface area contributed by atoms with Crippen molar-refractivity contribution in [2.45, 2.75) is 0 Å². The molecule has 0 saturated heterocycles. The second kappa shape index (κ2) is 11.1. The third-order valence-corrected chi connectivity index (χ3v) is 9.41. The van der Waals surface area contributed by atoms with Crippen molar-refractivity contribution in [1.29, 1.82) is 0 Å². The zero-order chi connectivity index (χ0) is 41.0. The van der Waals surface area contributed by atoms with Gasteiger partial charge in [0, 0.05) is 10.8 Å². The summed E-state index contributed by atoms with van der Waals surface area (Å²) in [7, 11) is 0. The largest absolute Gasteiger partial charge is 0.456 e. The van der Waals surface area contributed by atoms with E-state index in [-0.39, 0.29) is 35.3 Å². The molecule has 1 aromatic heterocycles. The first-order chi connectivity index (χ1) is 28.5. The van der Waals surface area contributed by atoms with Gasteiger partial charge in [0.15, 0.2) is 0 Å². The highest BCUT2D eigenvalue weighted by Gasteiger charge is 2.22. The predicted molar refractivity (Wildman–Crippen MR) is 208 cm³/mol. The van der Waals surface area contributed by atoms with Crippen LogP contribution in [0.25, 0.3) is 98.8 Å². The molecule has 10 aromatic rings. The highest BCUT2D eigenvalue weighted by atomic mass is 16.3. The Labute approximate surface area is 298 Å². The molecule has 0 unspecified atom stereocenters. The van der Waals surface area contributed by atoms with Gasteiger partial charge in [-0.15, -0.1) is 0 Å². The van der Waals surface area contributed by atoms with Gasteiger partial charge in [-0.05, 0) is 101 Å². The summed E-state index contributed by atoms with van der Waals surface area (Å²) in [6, 6.07) is 34.7. The van der Waals surface area contributed by atoms with E-state index >= 15 is 0 Å². The number of benzene rings is 9. The lowest BCUT2D eigenvalue weighted by Gasteiger charge is -2.21. The number of fused-ring (bicyclic) bond motifs is 6. The minimum absolute atomic E-state index is 0.0128. The molecular formula is C48H30O. The van der Waals surface area contributed by atoms with E-state index in [4.69, 9.17) is 18.1 Å². The monoisotopic (exact) mass is 632 g/mol. The molecule has 1 heteroatoms. The molecular weight excluding hydrogens is 593 g/mol. The van der Waals surface area contributed by atoms with Gasteiger partial charge in [-0.3, -0.25) is 0 Å². The zero-order valence-electron chi connectivity index (χ0n) is 36.0. The number of rotatable bonds is 4. The van der Waals surface area contributed by atoms with Crippen LogP contribution in [-0.4, -0.2) is 0 Å². The van der Waals surface area contributed by atoms with Gasteiger partial charge in [-0.25, -0.2) is 0 Å². The highest BCUT2D eigenvalue weighted by Crippen LogP contribution is 2.49. The van der Waals surface area contributed by atoms with Gasteiger partial charge in [0.25, 0.3) is 0 Å². The van der Waals surface area contributed by atoms with Crippen molar-refractivity contribution in [3.05, 3.63) is 182 Å². The molecule has 0 saturated carbocycles. The molecule has 1 heterocycles. The second-order valence-corrected chi connectivity index (χ2v) is 12.1. The molecule has 228 valence electrons. The maximum Gasteiger partial charge on any atom is 0.136 e. The smallest absolute Gasteiger partial charge is 0.136 e. The van der Waals surface area contributed by atoms with Gasteiger partial charge in [-0.2, -0.15) is 0 Å². The lowest BCUT2D eigenvalue weighted by molar-refractivity contribution is 0.669. The Morgan fingerprint density at radius 2 is 0.939 bits per heavy atom. The Bertz CT molecular complexity index is 3350. The average molecular weight is 633 g/mol. The summed E-state index contributed by atoms with van der Waals surface area (Å²) < 4.78 is 92.8. The van der Waals surface area contributed by atoms with E-state index in [1.54, 1.807) is 18.2 Å². The Kier molecular flexibility index (Phi) is 4.39. The molecule has 10 rings (SSSR count). The molecule has 0 aliphatic rings. The van der Waals surface area contributed by atoms with Crippen molar-refractivity contribution < 1.29 is 18.1 Å². The van der Waals surface area contributed by atoms with E-state index in [9.17, 15) is 0 Å². The Morgan fingerprint density at radius 3 is 1.59 bits per heavy atom. The van der Waals surface area contributed by atoms with E-state index < -0.39 is 36.3 Å². The van der Waals surface area contributed by atoms with Crippen molar-refractivity contribution in [2.24, 2.45) is 0 Å². The topological polar surface area (TPSA) is 13.1 Å². The van der Waals surface area contributed by atoms with Crippen LogP contribution in [-0.2, 0) is 0 Å². The predicted octanol–water partition coefficient (Wildman–Crippen LogP) is 13.7. The molecule has 0 aliphatic heterocycles. The summed E-state index contributed by atoms with van der Waals surface area (Å²) in [5, 5.41) is 7.43. The Balaban J connectivity index is 1.36. The summed E-state index contributed by atoms with van der Waals surface area (Å²) in [4.78, 5) is 0. The van der Waals surface area contributed by atoms with Crippen molar-refractivity contribution in [1.82, 2.24) is 0 Å². The number of hydrogen-bond donors (Lipinski definition) is 0. The summed E-state index contributed by atoms with van der Waals surface area (Å²) in [5.74, 6) is 0. The first-order valence-corrected chi connectivity index (χ1v) is 16.0. The van der Waals surface area contributed by atoms with Gasteiger partial charge >= 0.3 is 0 Å². The first kappa shape index (κ1) is 19.4. The van der Waals surface area contributed by atoms with Crippen LogP contribution in [0, 0.1) is 0 Å². The minimum atomic E-state index is -0.518. The normalized spacial score (nSPS) is 14.5. The van der Waals surface area contributed by atoms with E-state index in [1.165, 1.54) is 0 Å². The molecule has 0 spiro atoms. The van der Waals surface area contributed by atoms with E-state index in [0.717, 1.165) is 65.4 Å². The standard InChI is InChI=1S/C48H30O/c1-3-14-31(15-4-1)35-26-27-36(32-16-5-2-6-17-32)42(28-35)47-39-22-11-9-20-37(39)46(38-21-10-12-23-40(38)47)41-24-13-25-44-48(41)43-29-33-18-7-8-19-34(33)30-45(43)49-44/h1-30H/i1D,2D,3D,4D,5D,6D,14D,15D,16D,17D. The molecule has 1 nitrogen and oxygen atoms in total. The SMILES string of the molecule is [2H]c1c([2H])c([2H])c(-c2ccc(-c3c([2H])c([2H])c([2H])c([2H])c3[2H])c(-c3c4ccccc4c(-c4cccc5oc6cc7ccccc7cc6c45)c4ccccc34)c2)c([2H])c1[2H]. The van der Waals surface area contributed by atoms with Crippen LogP contribution in [0.5, 0.6) is 0 Å². The van der Waals surface area contributed by atoms with Crippen molar-refractivity contribution >= 4 is 54.3 Å². The molecule has 0 fully saturated rings. The maximum atomic E-state index is 9.04. The van der Waals surface area contributed by atoms with Gasteiger partial charge in [0.1, 0.15) is 11.2 Å². The molecule has 0 amide bonds. The van der Waals surface area contributed by atoms with E-state index in [0.29, 0.717) is 22.3 Å². The quantitative estimate of drug-likeness (QED) is 0.176. The molecule has 9 aromatic carbocycles. The molecule has 0 bridgehead atoms. The van der Waals surface area contributed by atoms with Crippen LogP contribution in [0.3, 0.4) is 0 Å². The third kappa shape index (κ3) is 4.40. The van der Waals surface area contributed by atoms with Crippen molar-refractivity contribution in [3.63, 3.8) is 0 Å². The molecule has 49 heavy (non-hydrogen) atoms. The maximum absolute atomic E-state index is 9.04. The Hall–Kier alpha value is -6.44. The van der Waals surface area contributed by atoms with Gasteiger partial charge in [-0.1, -0.05) is 157 Å². The third-order valence-electron chi connectivity index (χ3n) is 9.41. The van der Waals surface area contributed by atoms with Crippen LogP contribution in [0.2, 0.25) is 0 Å². The minimum Gasteiger partial charge on any atom is -0.456 e. The number of furan rings is 1. The van der Waals surface area contributed by atoms with E-state index in [2.05, 4.69) is 30.3 Å². The molecule has 0 atom stereocenters.